The first-order chi connectivity index (χ1) is 8.61. The average Bonchev–Trinajstić information content (AvgIpc) is 2.39. The zero-order valence-corrected chi connectivity index (χ0v) is 11.0. The maximum Gasteiger partial charge on any atom is -0.0178 e. The largest absolute Gasteiger partial charge is 0.0985 e. The number of hydrogen-bond donors (Lipinski definition) is 0. The van der Waals surface area contributed by atoms with Crippen molar-refractivity contribution < 1.29 is 0 Å². The Kier molecular flexibility index (Phi) is 3.47. The predicted molar refractivity (Wildman–Crippen MR) is 80.6 cm³/mol. The van der Waals surface area contributed by atoms with E-state index in [4.69, 9.17) is 0 Å². The van der Waals surface area contributed by atoms with Gasteiger partial charge in [0.2, 0.25) is 0 Å². The Hall–Kier alpha value is -2.08. The topological polar surface area (TPSA) is 0 Å². The molecule has 0 aliphatic carbocycles. The van der Waals surface area contributed by atoms with Crippen LogP contribution in [0.25, 0.3) is 11.6 Å². The second-order valence-corrected chi connectivity index (χ2v) is 4.62. The van der Waals surface area contributed by atoms with Crippen molar-refractivity contribution in [2.75, 3.05) is 0 Å². The Morgan fingerprint density at radius 2 is 1.56 bits per heavy atom. The first-order valence-corrected chi connectivity index (χ1v) is 6.11. The van der Waals surface area contributed by atoms with Gasteiger partial charge in [-0.25, -0.2) is 0 Å². The Labute approximate surface area is 109 Å². The summed E-state index contributed by atoms with van der Waals surface area (Å²) in [5.41, 5.74) is 7.05. The van der Waals surface area contributed by atoms with E-state index in [1.165, 1.54) is 22.3 Å². The highest BCUT2D eigenvalue weighted by Crippen LogP contribution is 2.24. The van der Waals surface area contributed by atoms with Crippen LogP contribution in [-0.4, -0.2) is 0 Å². The lowest BCUT2D eigenvalue weighted by atomic mass is 9.95. The van der Waals surface area contributed by atoms with Gasteiger partial charge in [0.15, 0.2) is 0 Å². The van der Waals surface area contributed by atoms with E-state index < -0.39 is 0 Å². The summed E-state index contributed by atoms with van der Waals surface area (Å²) >= 11 is 0. The van der Waals surface area contributed by atoms with Gasteiger partial charge in [0, 0.05) is 0 Å². The van der Waals surface area contributed by atoms with Gasteiger partial charge in [-0.15, -0.1) is 0 Å². The summed E-state index contributed by atoms with van der Waals surface area (Å²) in [7, 11) is 0. The Balaban J connectivity index is 2.39. The summed E-state index contributed by atoms with van der Waals surface area (Å²) in [6.45, 7) is 12.2. The first kappa shape index (κ1) is 12.4. The molecule has 0 aromatic heterocycles. The highest BCUT2D eigenvalue weighted by atomic mass is 14.1. The third-order valence-electron chi connectivity index (χ3n) is 3.25. The summed E-state index contributed by atoms with van der Waals surface area (Å²) in [6, 6.07) is 14.8. The fourth-order valence-electron chi connectivity index (χ4n) is 1.97. The Morgan fingerprint density at radius 3 is 2.17 bits per heavy atom. The van der Waals surface area contributed by atoms with Gasteiger partial charge < -0.3 is 0 Å². The van der Waals surface area contributed by atoms with Gasteiger partial charge in [-0.05, 0) is 47.7 Å². The monoisotopic (exact) mass is 234 g/mol. The van der Waals surface area contributed by atoms with Crippen molar-refractivity contribution >= 4 is 11.6 Å². The molecular formula is C18H18. The van der Waals surface area contributed by atoms with Gasteiger partial charge >= 0.3 is 0 Å². The Morgan fingerprint density at radius 1 is 0.944 bits per heavy atom. The SMILES string of the molecule is C=Cc1cc(C(=C)c2ccc(C)cc2)ccc1C. The molecule has 0 radical (unpaired) electrons. The van der Waals surface area contributed by atoms with Crippen LogP contribution < -0.4 is 0 Å². The third kappa shape index (κ3) is 2.43. The molecule has 0 saturated carbocycles. The van der Waals surface area contributed by atoms with Crippen LogP contribution in [0.5, 0.6) is 0 Å². The number of benzene rings is 2. The number of hydrogen-bond acceptors (Lipinski definition) is 0. The zero-order chi connectivity index (χ0) is 13.1. The summed E-state index contributed by atoms with van der Waals surface area (Å²) in [6.07, 6.45) is 1.89. The normalized spacial score (nSPS) is 10.1. The van der Waals surface area contributed by atoms with Crippen LogP contribution in [-0.2, 0) is 0 Å². The van der Waals surface area contributed by atoms with Crippen LogP contribution in [0.4, 0.5) is 0 Å². The van der Waals surface area contributed by atoms with Crippen molar-refractivity contribution in [1.82, 2.24) is 0 Å². The van der Waals surface area contributed by atoms with Crippen LogP contribution >= 0.6 is 0 Å². The maximum absolute atomic E-state index is 4.20. The molecule has 0 unspecified atom stereocenters. The number of aryl methyl sites for hydroxylation is 2. The molecular weight excluding hydrogens is 216 g/mol. The molecule has 0 amide bonds. The number of rotatable bonds is 3. The fraction of sp³-hybridized carbons (Fsp3) is 0.111. The molecule has 0 heterocycles. The third-order valence-corrected chi connectivity index (χ3v) is 3.25. The average molecular weight is 234 g/mol. The molecule has 0 heteroatoms. The van der Waals surface area contributed by atoms with Gasteiger partial charge in [-0.1, -0.05) is 61.2 Å². The molecule has 0 saturated heterocycles. The highest BCUT2D eigenvalue weighted by Gasteiger charge is 2.04. The van der Waals surface area contributed by atoms with E-state index in [1.807, 2.05) is 6.08 Å². The molecule has 0 N–H and O–H groups in total. The highest BCUT2D eigenvalue weighted by molar-refractivity contribution is 5.79. The van der Waals surface area contributed by atoms with Crippen molar-refractivity contribution in [3.8, 4) is 0 Å². The van der Waals surface area contributed by atoms with E-state index >= 15 is 0 Å². The molecule has 0 aliphatic rings. The van der Waals surface area contributed by atoms with E-state index in [1.54, 1.807) is 0 Å². The van der Waals surface area contributed by atoms with Crippen molar-refractivity contribution in [2.24, 2.45) is 0 Å². The molecule has 0 atom stereocenters. The van der Waals surface area contributed by atoms with Crippen LogP contribution in [0.15, 0.2) is 55.6 Å². The lowest BCUT2D eigenvalue weighted by Gasteiger charge is -2.09. The first-order valence-electron chi connectivity index (χ1n) is 6.11. The minimum Gasteiger partial charge on any atom is -0.0985 e. The summed E-state index contributed by atoms with van der Waals surface area (Å²) in [4.78, 5) is 0. The van der Waals surface area contributed by atoms with Crippen molar-refractivity contribution in [1.29, 1.82) is 0 Å². The van der Waals surface area contributed by atoms with E-state index in [2.05, 4.69) is 69.5 Å². The maximum atomic E-state index is 4.20. The van der Waals surface area contributed by atoms with E-state index in [9.17, 15) is 0 Å². The van der Waals surface area contributed by atoms with Crippen LogP contribution in [0.2, 0.25) is 0 Å². The molecule has 0 nitrogen and oxygen atoms in total. The van der Waals surface area contributed by atoms with Crippen molar-refractivity contribution in [3.63, 3.8) is 0 Å². The predicted octanol–water partition coefficient (Wildman–Crippen LogP) is 5.01. The van der Waals surface area contributed by atoms with Gasteiger partial charge in [-0.2, -0.15) is 0 Å². The molecule has 2 aromatic carbocycles. The van der Waals surface area contributed by atoms with E-state index in [0.717, 1.165) is 11.1 Å². The lowest BCUT2D eigenvalue weighted by molar-refractivity contribution is 1.41. The second-order valence-electron chi connectivity index (χ2n) is 4.62. The molecule has 90 valence electrons. The van der Waals surface area contributed by atoms with Crippen LogP contribution in [0.1, 0.15) is 27.8 Å². The molecule has 0 bridgehead atoms. The van der Waals surface area contributed by atoms with Crippen LogP contribution in [0.3, 0.4) is 0 Å². The quantitative estimate of drug-likeness (QED) is 0.700. The molecule has 0 fully saturated rings. The summed E-state index contributed by atoms with van der Waals surface area (Å²) in [5.74, 6) is 0. The molecule has 2 aromatic rings. The minimum absolute atomic E-state index is 1.05. The molecule has 2 rings (SSSR count). The van der Waals surface area contributed by atoms with Gasteiger partial charge in [0.1, 0.15) is 0 Å². The van der Waals surface area contributed by atoms with Gasteiger partial charge in [0.05, 0.1) is 0 Å². The second kappa shape index (κ2) is 5.05. The van der Waals surface area contributed by atoms with E-state index in [-0.39, 0.29) is 0 Å². The van der Waals surface area contributed by atoms with Gasteiger partial charge in [-0.3, -0.25) is 0 Å². The van der Waals surface area contributed by atoms with E-state index in [0.29, 0.717) is 0 Å². The van der Waals surface area contributed by atoms with Crippen molar-refractivity contribution in [3.05, 3.63) is 83.4 Å². The minimum atomic E-state index is 1.05. The smallest absolute Gasteiger partial charge is 0.0178 e. The van der Waals surface area contributed by atoms with Gasteiger partial charge in [0.25, 0.3) is 0 Å². The lowest BCUT2D eigenvalue weighted by Crippen LogP contribution is -1.89. The molecule has 0 spiro atoms. The van der Waals surface area contributed by atoms with Crippen molar-refractivity contribution in [2.45, 2.75) is 13.8 Å². The molecule has 0 aliphatic heterocycles. The Bertz CT molecular complexity index is 586. The zero-order valence-electron chi connectivity index (χ0n) is 11.0. The summed E-state index contributed by atoms with van der Waals surface area (Å²) in [5, 5.41) is 0. The molecule has 18 heavy (non-hydrogen) atoms. The van der Waals surface area contributed by atoms with Crippen LogP contribution in [0, 0.1) is 13.8 Å². The fourth-order valence-corrected chi connectivity index (χ4v) is 1.97. The summed E-state index contributed by atoms with van der Waals surface area (Å²) < 4.78 is 0. The standard InChI is InChI=1S/C18H18/c1-5-16-12-18(11-8-14(16)3)15(4)17-9-6-13(2)7-10-17/h5-12H,1,4H2,2-3H3.